The predicted molar refractivity (Wildman–Crippen MR) is 71.2 cm³/mol. The highest BCUT2D eigenvalue weighted by molar-refractivity contribution is 8.14. The van der Waals surface area contributed by atoms with E-state index in [1.54, 1.807) is 18.5 Å². The van der Waals surface area contributed by atoms with Crippen molar-refractivity contribution in [3.63, 3.8) is 0 Å². The lowest BCUT2D eigenvalue weighted by Crippen LogP contribution is -2.27. The number of fused-ring (bicyclic) bond motifs is 1. The first-order chi connectivity index (χ1) is 8.74. The van der Waals surface area contributed by atoms with Crippen LogP contribution in [0, 0.1) is 0 Å². The summed E-state index contributed by atoms with van der Waals surface area (Å²) >= 11 is 1.46. The zero-order chi connectivity index (χ0) is 12.5. The Morgan fingerprint density at radius 3 is 3.22 bits per heavy atom. The fraction of sp³-hybridized carbons (Fsp3) is 0.182. The van der Waals surface area contributed by atoms with Gasteiger partial charge >= 0.3 is 0 Å². The van der Waals surface area contributed by atoms with Gasteiger partial charge in [0.1, 0.15) is 0 Å². The molecule has 0 saturated heterocycles. The number of amidine groups is 1. The van der Waals surface area contributed by atoms with E-state index in [1.807, 2.05) is 17.7 Å². The van der Waals surface area contributed by atoms with E-state index >= 15 is 0 Å². The van der Waals surface area contributed by atoms with Crippen molar-refractivity contribution in [2.75, 3.05) is 5.88 Å². The van der Waals surface area contributed by atoms with Crippen molar-refractivity contribution in [3.05, 3.63) is 30.1 Å². The quantitative estimate of drug-likeness (QED) is 0.799. The van der Waals surface area contributed by atoms with Gasteiger partial charge in [-0.15, -0.1) is 0 Å². The zero-order valence-corrected chi connectivity index (χ0v) is 10.5. The predicted octanol–water partition coefficient (Wildman–Crippen LogP) is 0.868. The Morgan fingerprint density at radius 1 is 1.56 bits per heavy atom. The van der Waals surface area contributed by atoms with E-state index in [0.717, 1.165) is 11.0 Å². The van der Waals surface area contributed by atoms with Gasteiger partial charge in [0.2, 0.25) is 0 Å². The van der Waals surface area contributed by atoms with Gasteiger partial charge in [-0.25, -0.2) is 4.98 Å². The number of hydrogen-bond donors (Lipinski definition) is 2. The summed E-state index contributed by atoms with van der Waals surface area (Å²) in [7, 11) is 1.92. The van der Waals surface area contributed by atoms with Crippen LogP contribution in [-0.4, -0.2) is 26.5 Å². The van der Waals surface area contributed by atoms with Crippen molar-refractivity contribution in [2.45, 2.75) is 0 Å². The summed E-state index contributed by atoms with van der Waals surface area (Å²) in [6, 6.07) is 5.45. The molecule has 92 valence electrons. The number of benzene rings is 1. The number of carbonyl (C=O) groups excluding carboxylic acids is 1. The molecule has 2 aromatic rings. The number of hydrazone groups is 1. The summed E-state index contributed by atoms with van der Waals surface area (Å²) < 4.78 is 1.91. The molecule has 6 nitrogen and oxygen atoms in total. The fourth-order valence-electron chi connectivity index (χ4n) is 1.75. The van der Waals surface area contributed by atoms with E-state index in [1.165, 1.54) is 11.8 Å². The minimum atomic E-state index is -0.169. The number of aromatic nitrogens is 2. The maximum absolute atomic E-state index is 12.0. The Balaban J connectivity index is 1.87. The molecule has 1 aliphatic heterocycles. The lowest BCUT2D eigenvalue weighted by atomic mass is 10.2. The van der Waals surface area contributed by atoms with E-state index in [9.17, 15) is 4.79 Å². The highest BCUT2D eigenvalue weighted by Gasteiger charge is 2.13. The average molecular weight is 261 g/mol. The van der Waals surface area contributed by atoms with Crippen LogP contribution in [0.2, 0.25) is 0 Å². The normalized spacial score (nSPS) is 14.4. The second-order valence-corrected chi connectivity index (χ2v) is 4.84. The van der Waals surface area contributed by atoms with Gasteiger partial charge in [-0.05, 0) is 18.2 Å². The molecule has 1 amide bonds. The first-order valence-electron chi connectivity index (χ1n) is 5.40. The van der Waals surface area contributed by atoms with Gasteiger partial charge in [0, 0.05) is 12.6 Å². The lowest BCUT2D eigenvalue weighted by Gasteiger charge is -2.03. The second kappa shape index (κ2) is 4.34. The van der Waals surface area contributed by atoms with Gasteiger partial charge in [-0.2, -0.15) is 5.10 Å². The Morgan fingerprint density at radius 2 is 2.44 bits per heavy atom. The minimum absolute atomic E-state index is 0.169. The van der Waals surface area contributed by atoms with Gasteiger partial charge in [0.15, 0.2) is 5.17 Å². The molecule has 2 N–H and O–H groups in total. The van der Waals surface area contributed by atoms with Crippen molar-refractivity contribution in [1.29, 1.82) is 0 Å². The molecule has 1 aromatic carbocycles. The van der Waals surface area contributed by atoms with Crippen molar-refractivity contribution in [1.82, 2.24) is 20.3 Å². The SMILES string of the molecule is Cn1cnc2cc(C(=O)NC3=NNCS3)ccc21. The van der Waals surface area contributed by atoms with Gasteiger partial charge in [-0.3, -0.25) is 15.5 Å². The van der Waals surface area contributed by atoms with Gasteiger partial charge in [-0.1, -0.05) is 11.8 Å². The van der Waals surface area contributed by atoms with Gasteiger partial charge in [0.05, 0.1) is 23.2 Å². The third-order valence-corrected chi connectivity index (χ3v) is 3.40. The van der Waals surface area contributed by atoms with Crippen molar-refractivity contribution >= 4 is 33.9 Å². The third kappa shape index (κ3) is 1.92. The lowest BCUT2D eigenvalue weighted by molar-refractivity contribution is 0.0978. The second-order valence-electron chi connectivity index (χ2n) is 3.88. The average Bonchev–Trinajstić information content (AvgIpc) is 2.99. The van der Waals surface area contributed by atoms with Crippen molar-refractivity contribution in [2.24, 2.45) is 12.1 Å². The molecule has 2 heterocycles. The molecular formula is C11H11N5OS. The van der Waals surface area contributed by atoms with Crippen LogP contribution in [0.4, 0.5) is 0 Å². The molecule has 0 atom stereocenters. The molecule has 3 rings (SSSR count). The number of thioether (sulfide) groups is 1. The monoisotopic (exact) mass is 261 g/mol. The van der Waals surface area contributed by atoms with Crippen LogP contribution in [0.15, 0.2) is 29.6 Å². The summed E-state index contributed by atoms with van der Waals surface area (Å²) in [5, 5.41) is 7.29. The maximum atomic E-state index is 12.0. The highest BCUT2D eigenvalue weighted by Crippen LogP contribution is 2.14. The zero-order valence-electron chi connectivity index (χ0n) is 9.67. The summed E-state index contributed by atoms with van der Waals surface area (Å²) in [5.74, 6) is 0.520. The molecule has 0 saturated carbocycles. The van der Waals surface area contributed by atoms with Crippen LogP contribution in [0.3, 0.4) is 0 Å². The van der Waals surface area contributed by atoms with Crippen LogP contribution >= 0.6 is 11.8 Å². The molecule has 1 aromatic heterocycles. The number of nitrogens with one attached hydrogen (secondary N) is 2. The molecule has 18 heavy (non-hydrogen) atoms. The Hall–Kier alpha value is -2.02. The molecular weight excluding hydrogens is 250 g/mol. The molecule has 0 fully saturated rings. The molecule has 0 spiro atoms. The van der Waals surface area contributed by atoms with Crippen molar-refractivity contribution in [3.8, 4) is 0 Å². The molecule has 0 radical (unpaired) electrons. The Bertz CT molecular complexity index is 648. The van der Waals surface area contributed by atoms with Crippen LogP contribution < -0.4 is 10.7 Å². The molecule has 7 heteroatoms. The van der Waals surface area contributed by atoms with Gasteiger partial charge in [0.25, 0.3) is 5.91 Å². The highest BCUT2D eigenvalue weighted by atomic mass is 32.2. The Kier molecular flexibility index (Phi) is 2.67. The van der Waals surface area contributed by atoms with E-state index in [0.29, 0.717) is 16.6 Å². The summed E-state index contributed by atoms with van der Waals surface area (Å²) in [6.07, 6.45) is 1.73. The summed E-state index contributed by atoms with van der Waals surface area (Å²) in [6.45, 7) is 0. The van der Waals surface area contributed by atoms with E-state index < -0.39 is 0 Å². The first kappa shape index (κ1) is 11.1. The number of rotatable bonds is 1. The molecule has 0 bridgehead atoms. The number of amides is 1. The molecule has 0 aliphatic carbocycles. The van der Waals surface area contributed by atoms with Crippen LogP contribution in [0.1, 0.15) is 10.4 Å². The minimum Gasteiger partial charge on any atom is -0.334 e. The Labute approximate surface area is 107 Å². The topological polar surface area (TPSA) is 71.3 Å². The van der Waals surface area contributed by atoms with E-state index in [2.05, 4.69) is 20.8 Å². The smallest absolute Gasteiger partial charge is 0.257 e. The number of aryl methyl sites for hydroxylation is 1. The number of carbonyl (C=O) groups is 1. The summed E-state index contributed by atoms with van der Waals surface area (Å²) in [4.78, 5) is 16.2. The van der Waals surface area contributed by atoms with Crippen LogP contribution in [0.25, 0.3) is 11.0 Å². The fourth-order valence-corrected chi connectivity index (χ4v) is 2.31. The standard InChI is InChI=1S/C11H11N5OS/c1-16-5-12-8-4-7(2-3-9(8)16)10(17)14-11-15-13-6-18-11/h2-5,13H,6H2,1H3,(H,14,15,17). The number of hydrogen-bond acceptors (Lipinski definition) is 5. The van der Waals surface area contributed by atoms with Crippen molar-refractivity contribution < 1.29 is 4.79 Å². The largest absolute Gasteiger partial charge is 0.334 e. The van der Waals surface area contributed by atoms with E-state index in [-0.39, 0.29) is 5.91 Å². The molecule has 1 aliphatic rings. The molecule has 0 unspecified atom stereocenters. The van der Waals surface area contributed by atoms with Crippen LogP contribution in [-0.2, 0) is 7.05 Å². The van der Waals surface area contributed by atoms with Crippen LogP contribution in [0.5, 0.6) is 0 Å². The maximum Gasteiger partial charge on any atom is 0.257 e. The third-order valence-electron chi connectivity index (χ3n) is 2.66. The number of imidazole rings is 1. The first-order valence-corrected chi connectivity index (χ1v) is 6.38. The van der Waals surface area contributed by atoms with Gasteiger partial charge < -0.3 is 4.57 Å². The van der Waals surface area contributed by atoms with E-state index in [4.69, 9.17) is 0 Å². The number of nitrogens with zero attached hydrogens (tertiary/aromatic N) is 3. The summed E-state index contributed by atoms with van der Waals surface area (Å²) in [5.41, 5.74) is 5.17.